The number of nitrogens with one attached hydrogen (secondary N) is 1. The number of aromatic nitrogens is 2. The molecule has 0 saturated heterocycles. The minimum absolute atomic E-state index is 0.0307. The lowest BCUT2D eigenvalue weighted by molar-refractivity contribution is -0.119. The van der Waals surface area contributed by atoms with Crippen LogP contribution in [0.25, 0.3) is 11.0 Å². The molecule has 0 bridgehead atoms. The fraction of sp³-hybridized carbons (Fsp3) is 0.467. The summed E-state index contributed by atoms with van der Waals surface area (Å²) in [5.41, 5.74) is 1.94. The molecule has 2 rings (SSSR count). The molecule has 6 heteroatoms. The van der Waals surface area contributed by atoms with E-state index in [1.54, 1.807) is 0 Å². The highest BCUT2D eigenvalue weighted by molar-refractivity contribution is 7.99. The van der Waals surface area contributed by atoms with Gasteiger partial charge in [0.05, 0.1) is 16.8 Å². The number of hydrogen-bond acceptors (Lipinski definition) is 3. The molecule has 1 heterocycles. The Balaban J connectivity index is 2.21. The van der Waals surface area contributed by atoms with Gasteiger partial charge in [0.25, 0.3) is 0 Å². The quantitative estimate of drug-likeness (QED) is 0.823. The fourth-order valence-corrected chi connectivity index (χ4v) is 3.14. The van der Waals surface area contributed by atoms with E-state index in [0.717, 1.165) is 29.2 Å². The molecule has 4 nitrogen and oxygen atoms in total. The van der Waals surface area contributed by atoms with E-state index in [1.165, 1.54) is 11.8 Å². The predicted octanol–water partition coefficient (Wildman–Crippen LogP) is 3.72. The van der Waals surface area contributed by atoms with Crippen LogP contribution in [0.15, 0.2) is 23.4 Å². The van der Waals surface area contributed by atoms with Crippen LogP contribution < -0.4 is 5.32 Å². The largest absolute Gasteiger partial charge is 0.353 e. The molecule has 0 spiro atoms. The first-order valence-electron chi connectivity index (χ1n) is 7.09. The zero-order valence-corrected chi connectivity index (χ0v) is 14.1. The highest BCUT2D eigenvalue weighted by atomic mass is 35.5. The van der Waals surface area contributed by atoms with Gasteiger partial charge < -0.3 is 9.88 Å². The number of imidazole rings is 1. The van der Waals surface area contributed by atoms with Crippen molar-refractivity contribution in [2.24, 2.45) is 0 Å². The first-order valence-corrected chi connectivity index (χ1v) is 8.45. The third-order valence-corrected chi connectivity index (χ3v) is 4.12. The number of fused-ring (bicyclic) bond motifs is 1. The van der Waals surface area contributed by atoms with Crippen molar-refractivity contribution in [3.63, 3.8) is 0 Å². The van der Waals surface area contributed by atoms with Crippen LogP contribution in [0.3, 0.4) is 0 Å². The summed E-state index contributed by atoms with van der Waals surface area (Å²) >= 11 is 7.49. The van der Waals surface area contributed by atoms with Crippen LogP contribution in [-0.4, -0.2) is 27.3 Å². The molecule has 21 heavy (non-hydrogen) atoms. The smallest absolute Gasteiger partial charge is 0.230 e. The Morgan fingerprint density at radius 3 is 2.90 bits per heavy atom. The van der Waals surface area contributed by atoms with Gasteiger partial charge in [0.1, 0.15) is 0 Å². The topological polar surface area (TPSA) is 46.9 Å². The predicted molar refractivity (Wildman–Crippen MR) is 89.0 cm³/mol. The lowest BCUT2D eigenvalue weighted by Gasteiger charge is -2.09. The molecule has 114 valence electrons. The summed E-state index contributed by atoms with van der Waals surface area (Å²) in [7, 11) is 0. The second-order valence-corrected chi connectivity index (χ2v) is 6.57. The molecule has 0 aliphatic rings. The monoisotopic (exact) mass is 325 g/mol. The zero-order chi connectivity index (χ0) is 15.4. The maximum Gasteiger partial charge on any atom is 0.230 e. The van der Waals surface area contributed by atoms with Gasteiger partial charge in [-0.1, -0.05) is 30.3 Å². The number of benzene rings is 1. The van der Waals surface area contributed by atoms with Crippen molar-refractivity contribution in [2.75, 3.05) is 5.75 Å². The summed E-state index contributed by atoms with van der Waals surface area (Å²) < 4.78 is 2.15. The van der Waals surface area contributed by atoms with Gasteiger partial charge in [-0.25, -0.2) is 4.98 Å². The standard InChI is InChI=1S/C15H20ClN3OS/c1-4-7-19-13-6-5-11(16)8-12(13)18-15(19)21-9-14(20)17-10(2)3/h5-6,8,10H,4,7,9H2,1-3H3,(H,17,20). The fourth-order valence-electron chi connectivity index (χ4n) is 2.12. The van der Waals surface area contributed by atoms with E-state index in [4.69, 9.17) is 11.6 Å². The van der Waals surface area contributed by atoms with Gasteiger partial charge in [0.15, 0.2) is 5.16 Å². The molecule has 1 aromatic heterocycles. The second kappa shape index (κ2) is 7.18. The third-order valence-electron chi connectivity index (χ3n) is 2.90. The molecule has 0 unspecified atom stereocenters. The molecule has 0 aliphatic carbocycles. The average molecular weight is 326 g/mol. The first kappa shape index (κ1) is 16.2. The van der Waals surface area contributed by atoms with Crippen LogP contribution in [0, 0.1) is 0 Å². The molecule has 0 saturated carbocycles. The molecule has 0 aliphatic heterocycles. The third kappa shape index (κ3) is 4.14. The number of amides is 1. The summed E-state index contributed by atoms with van der Waals surface area (Å²) in [5, 5.41) is 4.44. The lowest BCUT2D eigenvalue weighted by Crippen LogP contribution is -2.31. The molecule has 1 N–H and O–H groups in total. The average Bonchev–Trinajstić information content (AvgIpc) is 2.73. The first-order chi connectivity index (χ1) is 10.0. The number of hydrogen-bond donors (Lipinski definition) is 1. The van der Waals surface area contributed by atoms with Gasteiger partial charge in [-0.3, -0.25) is 4.79 Å². The van der Waals surface area contributed by atoms with Crippen molar-refractivity contribution in [1.29, 1.82) is 0 Å². The van der Waals surface area contributed by atoms with Crippen LogP contribution >= 0.6 is 23.4 Å². The molecule has 0 atom stereocenters. The van der Waals surface area contributed by atoms with Crippen molar-refractivity contribution in [3.05, 3.63) is 23.2 Å². The van der Waals surface area contributed by atoms with Gasteiger partial charge in [0.2, 0.25) is 5.91 Å². The van der Waals surface area contributed by atoms with Crippen molar-refractivity contribution in [2.45, 2.75) is 44.9 Å². The molecule has 1 aromatic carbocycles. The number of thioether (sulfide) groups is 1. The van der Waals surface area contributed by atoms with Crippen LogP contribution in [0.1, 0.15) is 27.2 Å². The van der Waals surface area contributed by atoms with Gasteiger partial charge >= 0.3 is 0 Å². The molecular weight excluding hydrogens is 306 g/mol. The molecule has 0 fully saturated rings. The van der Waals surface area contributed by atoms with Crippen molar-refractivity contribution >= 4 is 40.3 Å². The molecule has 0 radical (unpaired) electrons. The number of halogens is 1. The maximum absolute atomic E-state index is 11.8. The minimum Gasteiger partial charge on any atom is -0.353 e. The number of carbonyl (C=O) groups excluding carboxylic acids is 1. The SMILES string of the molecule is CCCn1c(SCC(=O)NC(C)C)nc2cc(Cl)ccc21. The Labute approximate surface area is 134 Å². The number of aryl methyl sites for hydroxylation is 1. The summed E-state index contributed by atoms with van der Waals surface area (Å²) in [6.45, 7) is 6.92. The van der Waals surface area contributed by atoms with Crippen molar-refractivity contribution in [1.82, 2.24) is 14.9 Å². The number of rotatable bonds is 6. The van der Waals surface area contributed by atoms with Gasteiger partial charge in [-0.2, -0.15) is 0 Å². The Morgan fingerprint density at radius 1 is 1.48 bits per heavy atom. The molecular formula is C15H20ClN3OS. The highest BCUT2D eigenvalue weighted by Gasteiger charge is 2.13. The number of carbonyl (C=O) groups is 1. The van der Waals surface area contributed by atoms with Crippen LogP contribution in [0.4, 0.5) is 0 Å². The summed E-state index contributed by atoms with van der Waals surface area (Å²) in [6.07, 6.45) is 1.01. The Hall–Kier alpha value is -1.20. The van der Waals surface area contributed by atoms with E-state index in [-0.39, 0.29) is 11.9 Å². The zero-order valence-electron chi connectivity index (χ0n) is 12.5. The summed E-state index contributed by atoms with van der Waals surface area (Å²) in [4.78, 5) is 16.4. The Kier molecular flexibility index (Phi) is 5.53. The van der Waals surface area contributed by atoms with Crippen molar-refractivity contribution in [3.8, 4) is 0 Å². The van der Waals surface area contributed by atoms with E-state index in [2.05, 4.69) is 21.8 Å². The second-order valence-electron chi connectivity index (χ2n) is 5.19. The van der Waals surface area contributed by atoms with Crippen molar-refractivity contribution < 1.29 is 4.79 Å². The summed E-state index contributed by atoms with van der Waals surface area (Å²) in [6, 6.07) is 5.88. The highest BCUT2D eigenvalue weighted by Crippen LogP contribution is 2.26. The Bertz CT molecular complexity index is 639. The lowest BCUT2D eigenvalue weighted by atomic mass is 10.3. The molecule has 1 amide bonds. The van der Waals surface area contributed by atoms with Crippen LogP contribution in [-0.2, 0) is 11.3 Å². The van der Waals surface area contributed by atoms with Gasteiger partial charge in [-0.05, 0) is 38.5 Å². The van der Waals surface area contributed by atoms with Crippen LogP contribution in [0.5, 0.6) is 0 Å². The van der Waals surface area contributed by atoms with E-state index >= 15 is 0 Å². The number of nitrogens with zero attached hydrogens (tertiary/aromatic N) is 2. The Morgan fingerprint density at radius 2 is 2.24 bits per heavy atom. The normalized spacial score (nSPS) is 11.3. The minimum atomic E-state index is 0.0307. The maximum atomic E-state index is 11.8. The van der Waals surface area contributed by atoms with Gasteiger partial charge in [-0.15, -0.1) is 0 Å². The van der Waals surface area contributed by atoms with E-state index < -0.39 is 0 Å². The van der Waals surface area contributed by atoms with E-state index in [9.17, 15) is 4.79 Å². The summed E-state index contributed by atoms with van der Waals surface area (Å²) in [5.74, 6) is 0.405. The van der Waals surface area contributed by atoms with E-state index in [1.807, 2.05) is 32.0 Å². The van der Waals surface area contributed by atoms with Gasteiger partial charge in [0, 0.05) is 17.6 Å². The van der Waals surface area contributed by atoms with Crippen LogP contribution in [0.2, 0.25) is 5.02 Å². The molecule has 2 aromatic rings. The van der Waals surface area contributed by atoms with E-state index in [0.29, 0.717) is 10.8 Å².